The highest BCUT2D eigenvalue weighted by atomic mass is 16.5. The number of carbonyl (C=O) groups is 2. The van der Waals surface area contributed by atoms with Crippen LogP contribution in [0.3, 0.4) is 0 Å². The van der Waals surface area contributed by atoms with Crippen molar-refractivity contribution < 1.29 is 24.9 Å². The number of nitrogens with one attached hydrogen (secondary N) is 1. The molecule has 1 rings (SSSR count). The molecule has 0 bridgehead atoms. The van der Waals surface area contributed by atoms with E-state index in [1.54, 1.807) is 37.3 Å². The van der Waals surface area contributed by atoms with Crippen molar-refractivity contribution in [1.82, 2.24) is 5.32 Å². The van der Waals surface area contributed by atoms with Crippen molar-refractivity contribution in [2.45, 2.75) is 19.6 Å². The highest BCUT2D eigenvalue weighted by Gasteiger charge is 2.35. The van der Waals surface area contributed by atoms with Gasteiger partial charge >= 0.3 is 5.97 Å². The summed E-state index contributed by atoms with van der Waals surface area (Å²) in [7, 11) is 0. The van der Waals surface area contributed by atoms with Crippen molar-refractivity contribution in [3.8, 4) is 0 Å². The number of amides is 1. The van der Waals surface area contributed by atoms with Crippen LogP contribution in [0.4, 0.5) is 0 Å². The molecule has 100 valence electrons. The van der Waals surface area contributed by atoms with Gasteiger partial charge in [-0.25, -0.2) is 4.79 Å². The molecular formula is C12H17NO5. The molecule has 1 amide bonds. The van der Waals surface area contributed by atoms with Crippen LogP contribution in [0, 0.1) is 0 Å². The Morgan fingerprint density at radius 3 is 2.33 bits per heavy atom. The molecule has 0 saturated heterocycles. The van der Waals surface area contributed by atoms with Crippen LogP contribution in [-0.4, -0.2) is 34.8 Å². The molecule has 0 aliphatic carbocycles. The summed E-state index contributed by atoms with van der Waals surface area (Å²) in [6, 6.07) is 8.38. The number of aliphatic carboxylic acids is 1. The second-order valence-electron chi connectivity index (χ2n) is 3.59. The SMILES string of the molecule is CCOC(C)(NC(=O)c1ccccc1)C(=O)O.O. The Bertz CT molecular complexity index is 406. The summed E-state index contributed by atoms with van der Waals surface area (Å²) in [5.74, 6) is -1.72. The van der Waals surface area contributed by atoms with Crippen molar-refractivity contribution in [3.63, 3.8) is 0 Å². The molecule has 1 aromatic carbocycles. The maximum atomic E-state index is 11.8. The van der Waals surface area contributed by atoms with Gasteiger partial charge in [0.25, 0.3) is 5.91 Å². The van der Waals surface area contributed by atoms with Crippen molar-refractivity contribution in [1.29, 1.82) is 0 Å². The van der Waals surface area contributed by atoms with Crippen LogP contribution in [0.25, 0.3) is 0 Å². The Balaban J connectivity index is 0.00000289. The highest BCUT2D eigenvalue weighted by molar-refractivity contribution is 5.97. The third-order valence-corrected chi connectivity index (χ3v) is 2.23. The molecule has 6 nitrogen and oxygen atoms in total. The first kappa shape index (κ1) is 16.1. The zero-order valence-corrected chi connectivity index (χ0v) is 10.3. The van der Waals surface area contributed by atoms with Crippen molar-refractivity contribution in [3.05, 3.63) is 35.9 Å². The predicted molar refractivity (Wildman–Crippen MR) is 65.2 cm³/mol. The van der Waals surface area contributed by atoms with Crippen LogP contribution in [-0.2, 0) is 9.53 Å². The summed E-state index contributed by atoms with van der Waals surface area (Å²) < 4.78 is 5.05. The molecule has 4 N–H and O–H groups in total. The lowest BCUT2D eigenvalue weighted by molar-refractivity contribution is -0.166. The molecule has 0 radical (unpaired) electrons. The molecule has 1 unspecified atom stereocenters. The topological polar surface area (TPSA) is 107 Å². The fourth-order valence-corrected chi connectivity index (χ4v) is 1.32. The molecule has 0 saturated carbocycles. The predicted octanol–water partition coefficient (Wildman–Crippen LogP) is 0.429. The molecule has 0 aliphatic rings. The quantitative estimate of drug-likeness (QED) is 0.744. The standard InChI is InChI=1S/C12H15NO4.H2O/c1-3-17-12(2,11(15)16)13-10(14)9-7-5-4-6-8-9;/h4-8H,3H2,1-2H3,(H,13,14)(H,15,16);1H2. The number of carbonyl (C=O) groups excluding carboxylic acids is 1. The van der Waals surface area contributed by atoms with Gasteiger partial charge in [-0.1, -0.05) is 18.2 Å². The van der Waals surface area contributed by atoms with Gasteiger partial charge in [0.05, 0.1) is 0 Å². The second-order valence-corrected chi connectivity index (χ2v) is 3.59. The minimum absolute atomic E-state index is 0. The van der Waals surface area contributed by atoms with Gasteiger partial charge in [-0.2, -0.15) is 0 Å². The number of carboxylic acids is 1. The van der Waals surface area contributed by atoms with Crippen LogP contribution in [0.1, 0.15) is 24.2 Å². The van der Waals surface area contributed by atoms with Crippen molar-refractivity contribution >= 4 is 11.9 Å². The van der Waals surface area contributed by atoms with E-state index in [0.717, 1.165) is 0 Å². The summed E-state index contributed by atoms with van der Waals surface area (Å²) >= 11 is 0. The number of ether oxygens (including phenoxy) is 1. The van der Waals surface area contributed by atoms with Gasteiger partial charge < -0.3 is 20.6 Å². The number of hydrogen-bond acceptors (Lipinski definition) is 3. The van der Waals surface area contributed by atoms with Crippen LogP contribution in [0.5, 0.6) is 0 Å². The molecule has 18 heavy (non-hydrogen) atoms. The van der Waals surface area contributed by atoms with Gasteiger partial charge in [-0.05, 0) is 26.0 Å². The zero-order chi connectivity index (χ0) is 12.9. The fraction of sp³-hybridized carbons (Fsp3) is 0.333. The van der Waals surface area contributed by atoms with Gasteiger partial charge in [0.2, 0.25) is 5.72 Å². The largest absolute Gasteiger partial charge is 0.478 e. The van der Waals surface area contributed by atoms with E-state index in [0.29, 0.717) is 5.56 Å². The number of rotatable bonds is 5. The number of benzene rings is 1. The fourth-order valence-electron chi connectivity index (χ4n) is 1.32. The smallest absolute Gasteiger partial charge is 0.357 e. The van der Waals surface area contributed by atoms with E-state index in [1.807, 2.05) is 0 Å². The molecule has 1 atom stereocenters. The maximum absolute atomic E-state index is 11.8. The van der Waals surface area contributed by atoms with Crippen LogP contribution < -0.4 is 5.32 Å². The first-order chi connectivity index (χ1) is 7.99. The molecule has 0 aliphatic heterocycles. The minimum atomic E-state index is -1.71. The average molecular weight is 255 g/mol. The van der Waals surface area contributed by atoms with Crippen LogP contribution in [0.15, 0.2) is 30.3 Å². The van der Waals surface area contributed by atoms with Gasteiger partial charge in [0.1, 0.15) is 0 Å². The van der Waals surface area contributed by atoms with E-state index < -0.39 is 17.6 Å². The third-order valence-electron chi connectivity index (χ3n) is 2.23. The molecular weight excluding hydrogens is 238 g/mol. The first-order valence-corrected chi connectivity index (χ1v) is 5.24. The van der Waals surface area contributed by atoms with Crippen LogP contribution in [0.2, 0.25) is 0 Å². The molecule has 0 heterocycles. The van der Waals surface area contributed by atoms with E-state index in [2.05, 4.69) is 5.32 Å². The monoisotopic (exact) mass is 255 g/mol. The number of hydrogen-bond donors (Lipinski definition) is 2. The first-order valence-electron chi connectivity index (χ1n) is 5.24. The minimum Gasteiger partial charge on any atom is -0.478 e. The highest BCUT2D eigenvalue weighted by Crippen LogP contribution is 2.09. The Morgan fingerprint density at radius 2 is 1.89 bits per heavy atom. The lowest BCUT2D eigenvalue weighted by Gasteiger charge is -2.25. The molecule has 0 spiro atoms. The van der Waals surface area contributed by atoms with E-state index in [-0.39, 0.29) is 12.1 Å². The lowest BCUT2D eigenvalue weighted by Crippen LogP contribution is -2.54. The van der Waals surface area contributed by atoms with E-state index in [1.165, 1.54) is 6.92 Å². The molecule has 1 aromatic rings. The van der Waals surface area contributed by atoms with Crippen molar-refractivity contribution in [2.24, 2.45) is 0 Å². The lowest BCUT2D eigenvalue weighted by atomic mass is 10.2. The number of carboxylic acid groups (broad SMARTS) is 1. The van der Waals surface area contributed by atoms with Crippen molar-refractivity contribution in [2.75, 3.05) is 6.61 Å². The second kappa shape index (κ2) is 6.73. The van der Waals surface area contributed by atoms with E-state index in [4.69, 9.17) is 9.84 Å². The summed E-state index contributed by atoms with van der Waals surface area (Å²) in [6.45, 7) is 3.16. The van der Waals surface area contributed by atoms with E-state index >= 15 is 0 Å². The Hall–Kier alpha value is -1.92. The van der Waals surface area contributed by atoms with E-state index in [9.17, 15) is 9.59 Å². The Kier molecular flexibility index (Phi) is 6.01. The summed E-state index contributed by atoms with van der Waals surface area (Å²) in [4.78, 5) is 22.8. The van der Waals surface area contributed by atoms with Gasteiger partial charge in [-0.15, -0.1) is 0 Å². The normalized spacial score (nSPS) is 13.0. The van der Waals surface area contributed by atoms with Crippen LogP contribution >= 0.6 is 0 Å². The zero-order valence-electron chi connectivity index (χ0n) is 10.3. The molecule has 0 fully saturated rings. The maximum Gasteiger partial charge on any atom is 0.357 e. The molecule has 6 heteroatoms. The third kappa shape index (κ3) is 3.83. The summed E-state index contributed by atoms with van der Waals surface area (Å²) in [5, 5.41) is 11.4. The van der Waals surface area contributed by atoms with Gasteiger partial charge in [-0.3, -0.25) is 4.79 Å². The Labute approximate surface area is 105 Å². The van der Waals surface area contributed by atoms with Gasteiger partial charge in [0, 0.05) is 12.2 Å². The molecule has 0 aromatic heterocycles. The summed E-state index contributed by atoms with van der Waals surface area (Å²) in [6.07, 6.45) is 0. The van der Waals surface area contributed by atoms with Gasteiger partial charge in [0.15, 0.2) is 0 Å². The summed E-state index contributed by atoms with van der Waals surface area (Å²) in [5.41, 5.74) is -1.32. The Morgan fingerprint density at radius 1 is 1.33 bits per heavy atom. The average Bonchev–Trinajstić information content (AvgIpc) is 2.30.